The number of hydrogen-bond acceptors (Lipinski definition) is 2. The Morgan fingerprint density at radius 3 is 2.29 bits per heavy atom. The van der Waals surface area contributed by atoms with Crippen LogP contribution in [0.5, 0.6) is 0 Å². The molecule has 7 heavy (non-hydrogen) atoms. The van der Waals surface area contributed by atoms with Gasteiger partial charge in [-0.1, -0.05) is 6.92 Å². The van der Waals surface area contributed by atoms with E-state index >= 15 is 0 Å². The molecule has 1 rings (SSSR count). The lowest BCUT2D eigenvalue weighted by atomic mass is 10.1. The van der Waals surface area contributed by atoms with Crippen LogP contribution in [0, 0.1) is 0 Å². The zero-order valence-electron chi connectivity index (χ0n) is 4.81. The van der Waals surface area contributed by atoms with Crippen LogP contribution in [0.4, 0.5) is 0 Å². The smallest absolute Gasteiger partial charge is 0.0580 e. The molecule has 1 heterocycles. The SMILES string of the molecule is CCC1(C)CN1O. The van der Waals surface area contributed by atoms with Crippen molar-refractivity contribution in [2.24, 2.45) is 0 Å². The summed E-state index contributed by atoms with van der Waals surface area (Å²) in [5.41, 5.74) is 0.139. The minimum Gasteiger partial charge on any atom is -0.313 e. The van der Waals surface area contributed by atoms with E-state index < -0.39 is 0 Å². The summed E-state index contributed by atoms with van der Waals surface area (Å²) in [5, 5.41) is 10.1. The summed E-state index contributed by atoms with van der Waals surface area (Å²) in [4.78, 5) is 0. The maximum atomic E-state index is 8.72. The summed E-state index contributed by atoms with van der Waals surface area (Å²) in [5.74, 6) is 0. The zero-order chi connectivity index (χ0) is 5.49. The van der Waals surface area contributed by atoms with Crippen molar-refractivity contribution in [3.8, 4) is 0 Å². The normalized spacial score (nSPS) is 49.3. The highest BCUT2D eigenvalue weighted by Crippen LogP contribution is 2.31. The molecule has 1 saturated heterocycles. The maximum absolute atomic E-state index is 8.72. The van der Waals surface area contributed by atoms with Crippen molar-refractivity contribution in [2.75, 3.05) is 6.54 Å². The molecule has 1 aliphatic rings. The second-order valence-corrected chi connectivity index (χ2v) is 2.41. The van der Waals surface area contributed by atoms with Crippen molar-refractivity contribution in [1.29, 1.82) is 0 Å². The van der Waals surface area contributed by atoms with Crippen LogP contribution in [0.2, 0.25) is 0 Å². The van der Waals surface area contributed by atoms with Crippen molar-refractivity contribution >= 4 is 0 Å². The van der Waals surface area contributed by atoms with Crippen LogP contribution in [-0.4, -0.2) is 22.4 Å². The van der Waals surface area contributed by atoms with Crippen molar-refractivity contribution in [3.63, 3.8) is 0 Å². The third kappa shape index (κ3) is 0.640. The molecule has 1 fully saturated rings. The first-order chi connectivity index (χ1) is 3.19. The molecule has 0 amide bonds. The van der Waals surface area contributed by atoms with Gasteiger partial charge >= 0.3 is 0 Å². The molecule has 1 aliphatic heterocycles. The Morgan fingerprint density at radius 2 is 2.29 bits per heavy atom. The predicted octanol–water partition coefficient (Wildman–Crippen LogP) is 0.860. The minimum absolute atomic E-state index is 0.139. The average molecular weight is 101 g/mol. The summed E-state index contributed by atoms with van der Waals surface area (Å²) in [6.07, 6.45) is 1.05. The number of hydrogen-bond donors (Lipinski definition) is 1. The van der Waals surface area contributed by atoms with Gasteiger partial charge in [0.1, 0.15) is 0 Å². The molecule has 0 aromatic rings. The quantitative estimate of drug-likeness (QED) is 0.495. The van der Waals surface area contributed by atoms with Crippen LogP contribution < -0.4 is 0 Å². The molecular weight excluding hydrogens is 90.1 g/mol. The topological polar surface area (TPSA) is 23.2 Å². The van der Waals surface area contributed by atoms with Crippen LogP contribution in [-0.2, 0) is 0 Å². The van der Waals surface area contributed by atoms with Crippen LogP contribution in [0.15, 0.2) is 0 Å². The van der Waals surface area contributed by atoms with E-state index in [0.717, 1.165) is 13.0 Å². The average Bonchev–Trinajstić information content (AvgIpc) is 2.18. The van der Waals surface area contributed by atoms with Crippen LogP contribution in [0.3, 0.4) is 0 Å². The van der Waals surface area contributed by atoms with E-state index in [-0.39, 0.29) is 5.54 Å². The van der Waals surface area contributed by atoms with Gasteiger partial charge in [0, 0.05) is 6.54 Å². The lowest BCUT2D eigenvalue weighted by Crippen LogP contribution is -2.08. The van der Waals surface area contributed by atoms with E-state index in [0.29, 0.717) is 0 Å². The third-order valence-corrected chi connectivity index (χ3v) is 1.77. The first-order valence-electron chi connectivity index (χ1n) is 2.65. The highest BCUT2D eigenvalue weighted by molar-refractivity contribution is 4.96. The summed E-state index contributed by atoms with van der Waals surface area (Å²) >= 11 is 0. The van der Waals surface area contributed by atoms with E-state index in [1.807, 2.05) is 6.92 Å². The van der Waals surface area contributed by atoms with Gasteiger partial charge in [0.25, 0.3) is 0 Å². The highest BCUT2D eigenvalue weighted by Gasteiger charge is 2.45. The lowest BCUT2D eigenvalue weighted by molar-refractivity contribution is -0.00301. The molecule has 0 aromatic carbocycles. The molecule has 0 radical (unpaired) electrons. The molecule has 0 bridgehead atoms. The summed E-state index contributed by atoms with van der Waals surface area (Å²) < 4.78 is 0. The molecule has 1 N–H and O–H groups in total. The predicted molar refractivity (Wildman–Crippen MR) is 27.2 cm³/mol. The minimum atomic E-state index is 0.139. The molecule has 0 saturated carbocycles. The Balaban J connectivity index is 2.36. The fourth-order valence-corrected chi connectivity index (χ4v) is 0.582. The number of nitrogens with zero attached hydrogens (tertiary/aromatic N) is 1. The second-order valence-electron chi connectivity index (χ2n) is 2.41. The van der Waals surface area contributed by atoms with Crippen molar-refractivity contribution in [3.05, 3.63) is 0 Å². The molecule has 2 atom stereocenters. The second kappa shape index (κ2) is 1.20. The zero-order valence-corrected chi connectivity index (χ0v) is 4.81. The van der Waals surface area contributed by atoms with Crippen LogP contribution >= 0.6 is 0 Å². The first kappa shape index (κ1) is 5.06. The standard InChI is InChI=1S/C5H11NO/c1-3-5(2)4-6(5)7/h7H,3-4H2,1-2H3. The molecule has 2 heteroatoms. The molecule has 2 unspecified atom stereocenters. The van der Waals surface area contributed by atoms with E-state index in [9.17, 15) is 0 Å². The van der Waals surface area contributed by atoms with E-state index in [1.165, 1.54) is 5.06 Å². The summed E-state index contributed by atoms with van der Waals surface area (Å²) in [6.45, 7) is 4.98. The highest BCUT2D eigenvalue weighted by atomic mass is 16.5. The Morgan fingerprint density at radius 1 is 1.86 bits per heavy atom. The maximum Gasteiger partial charge on any atom is 0.0580 e. The van der Waals surface area contributed by atoms with Crippen LogP contribution in [0.1, 0.15) is 20.3 Å². The number of rotatable bonds is 1. The van der Waals surface area contributed by atoms with Gasteiger partial charge in [-0.3, -0.25) is 0 Å². The van der Waals surface area contributed by atoms with Gasteiger partial charge in [0.2, 0.25) is 0 Å². The fourth-order valence-electron chi connectivity index (χ4n) is 0.582. The molecule has 0 aliphatic carbocycles. The third-order valence-electron chi connectivity index (χ3n) is 1.77. The van der Waals surface area contributed by atoms with Crippen molar-refractivity contribution in [1.82, 2.24) is 5.06 Å². The van der Waals surface area contributed by atoms with Gasteiger partial charge in [-0.25, -0.2) is 0 Å². The molecule has 2 nitrogen and oxygen atoms in total. The van der Waals surface area contributed by atoms with Gasteiger partial charge < -0.3 is 5.21 Å². The Hall–Kier alpha value is -0.0800. The molecular formula is C5H11NO. The monoisotopic (exact) mass is 101 g/mol. The van der Waals surface area contributed by atoms with Gasteiger partial charge in [-0.2, -0.15) is 5.06 Å². The van der Waals surface area contributed by atoms with Crippen LogP contribution in [0.25, 0.3) is 0 Å². The Kier molecular flexibility index (Phi) is 0.869. The Bertz CT molecular complexity index is 80.1. The summed E-state index contributed by atoms with van der Waals surface area (Å²) in [6, 6.07) is 0. The van der Waals surface area contributed by atoms with E-state index in [4.69, 9.17) is 5.21 Å². The molecule has 0 spiro atoms. The molecule has 0 aromatic heterocycles. The van der Waals surface area contributed by atoms with Gasteiger partial charge in [-0.05, 0) is 13.3 Å². The molecule has 42 valence electrons. The first-order valence-corrected chi connectivity index (χ1v) is 2.65. The fraction of sp³-hybridized carbons (Fsp3) is 1.00. The van der Waals surface area contributed by atoms with Gasteiger partial charge in [-0.15, -0.1) is 0 Å². The Labute approximate surface area is 43.7 Å². The van der Waals surface area contributed by atoms with Gasteiger partial charge in [0.15, 0.2) is 0 Å². The van der Waals surface area contributed by atoms with E-state index in [1.54, 1.807) is 0 Å². The van der Waals surface area contributed by atoms with Crippen molar-refractivity contribution in [2.45, 2.75) is 25.8 Å². The lowest BCUT2D eigenvalue weighted by Gasteiger charge is -1.99. The van der Waals surface area contributed by atoms with Gasteiger partial charge in [0.05, 0.1) is 5.54 Å². The van der Waals surface area contributed by atoms with E-state index in [2.05, 4.69) is 6.92 Å². The van der Waals surface area contributed by atoms with Crippen molar-refractivity contribution < 1.29 is 5.21 Å². The summed E-state index contributed by atoms with van der Waals surface area (Å²) in [7, 11) is 0. The number of hydroxylamine groups is 2. The largest absolute Gasteiger partial charge is 0.313 e.